The van der Waals surface area contributed by atoms with Gasteiger partial charge >= 0.3 is 0 Å². The highest BCUT2D eigenvalue weighted by Crippen LogP contribution is 2.30. The molecule has 3 atom stereocenters. The van der Waals surface area contributed by atoms with Crippen LogP contribution in [0.15, 0.2) is 36.5 Å². The first-order chi connectivity index (χ1) is 16.1. The lowest BCUT2D eigenvalue weighted by Crippen LogP contribution is -2.51. The second-order valence-electron chi connectivity index (χ2n) is 9.22. The molecule has 8 nitrogen and oxygen atoms in total. The van der Waals surface area contributed by atoms with Gasteiger partial charge in [0.05, 0.1) is 25.7 Å². The summed E-state index contributed by atoms with van der Waals surface area (Å²) in [6.07, 6.45) is 1.17. The second kappa shape index (κ2) is 10.9. The van der Waals surface area contributed by atoms with Crippen molar-refractivity contribution in [3.05, 3.63) is 47.9 Å². The highest BCUT2D eigenvalue weighted by molar-refractivity contribution is 5.98. The number of aromatic nitrogens is 1. The summed E-state index contributed by atoms with van der Waals surface area (Å²) in [7, 11) is 5.39. The van der Waals surface area contributed by atoms with Crippen molar-refractivity contribution in [2.45, 2.75) is 26.0 Å². The Bertz CT molecular complexity index is 1010. The zero-order valence-corrected chi connectivity index (χ0v) is 20.4. The van der Waals surface area contributed by atoms with E-state index in [-0.39, 0.29) is 48.1 Å². The van der Waals surface area contributed by atoms with Gasteiger partial charge in [0.15, 0.2) is 0 Å². The maximum atomic E-state index is 13.5. The van der Waals surface area contributed by atoms with Gasteiger partial charge in [-0.1, -0.05) is 19.1 Å². The van der Waals surface area contributed by atoms with Gasteiger partial charge in [-0.15, -0.1) is 0 Å². The lowest BCUT2D eigenvalue weighted by atomic mass is 9.99. The molecule has 2 aromatic rings. The van der Waals surface area contributed by atoms with Crippen LogP contribution in [0, 0.1) is 11.7 Å². The van der Waals surface area contributed by atoms with Crippen LogP contribution in [0.5, 0.6) is 5.88 Å². The Balaban J connectivity index is 1.98. The van der Waals surface area contributed by atoms with Crippen molar-refractivity contribution in [3.8, 4) is 17.0 Å². The average molecular weight is 473 g/mol. The van der Waals surface area contributed by atoms with E-state index in [0.717, 1.165) is 0 Å². The van der Waals surface area contributed by atoms with Crippen LogP contribution in [-0.2, 0) is 4.79 Å². The number of likely N-dealkylation sites (N-methyl/N-ethyl adjacent to an activating group) is 2. The molecule has 0 saturated heterocycles. The smallest absolute Gasteiger partial charge is 0.259 e. The first kappa shape index (κ1) is 25.6. The molecular weight excluding hydrogens is 439 g/mol. The lowest BCUT2D eigenvalue weighted by molar-refractivity contribution is -0.132. The van der Waals surface area contributed by atoms with Gasteiger partial charge in [-0.3, -0.25) is 9.59 Å². The largest absolute Gasteiger partial charge is 0.472 e. The van der Waals surface area contributed by atoms with Crippen LogP contribution in [0.1, 0.15) is 24.2 Å². The number of rotatable bonds is 7. The van der Waals surface area contributed by atoms with Gasteiger partial charge in [0.2, 0.25) is 11.8 Å². The first-order valence-corrected chi connectivity index (χ1v) is 11.3. The zero-order valence-electron chi connectivity index (χ0n) is 20.4. The molecule has 0 unspecified atom stereocenters. The van der Waals surface area contributed by atoms with Gasteiger partial charge in [-0.2, -0.15) is 0 Å². The number of carbonyl (C=O) groups excluding carboxylic acids is 2. The Morgan fingerprint density at radius 2 is 1.94 bits per heavy atom. The molecule has 1 N–H and O–H groups in total. The molecule has 1 aliphatic rings. The van der Waals surface area contributed by atoms with Crippen molar-refractivity contribution in [1.29, 1.82) is 0 Å². The van der Waals surface area contributed by atoms with E-state index in [1.807, 2.05) is 21.0 Å². The Kier molecular flexibility index (Phi) is 8.22. The van der Waals surface area contributed by atoms with Gasteiger partial charge in [-0.25, -0.2) is 9.37 Å². The van der Waals surface area contributed by atoms with E-state index in [4.69, 9.17) is 4.74 Å². The fourth-order valence-electron chi connectivity index (χ4n) is 3.88. The van der Waals surface area contributed by atoms with Crippen molar-refractivity contribution < 1.29 is 23.8 Å². The summed E-state index contributed by atoms with van der Waals surface area (Å²) in [6, 6.07) is 7.22. The minimum atomic E-state index is -0.416. The van der Waals surface area contributed by atoms with Gasteiger partial charge in [0.1, 0.15) is 17.5 Å². The number of pyridine rings is 1. The van der Waals surface area contributed by atoms with Crippen molar-refractivity contribution in [1.82, 2.24) is 19.7 Å². The Morgan fingerprint density at radius 3 is 2.56 bits per heavy atom. The third kappa shape index (κ3) is 5.90. The number of aliphatic hydroxyl groups is 1. The number of benzene rings is 1. The molecule has 0 fully saturated rings. The number of aliphatic hydroxyl groups excluding tert-OH is 1. The van der Waals surface area contributed by atoms with E-state index in [0.29, 0.717) is 24.2 Å². The monoisotopic (exact) mass is 472 g/mol. The Morgan fingerprint density at radius 1 is 1.26 bits per heavy atom. The number of amides is 2. The molecule has 0 bridgehead atoms. The molecule has 0 spiro atoms. The first-order valence-electron chi connectivity index (χ1n) is 11.3. The van der Waals surface area contributed by atoms with Crippen molar-refractivity contribution in [2.75, 3.05) is 47.4 Å². The Hall–Kier alpha value is -3.04. The molecule has 34 heavy (non-hydrogen) atoms. The van der Waals surface area contributed by atoms with Gasteiger partial charge in [-0.05, 0) is 44.8 Å². The van der Waals surface area contributed by atoms with E-state index in [1.165, 1.54) is 12.1 Å². The number of hydrogen-bond acceptors (Lipinski definition) is 6. The van der Waals surface area contributed by atoms with Gasteiger partial charge in [0.25, 0.3) is 5.91 Å². The minimum Gasteiger partial charge on any atom is -0.472 e. The zero-order chi connectivity index (χ0) is 25.0. The van der Waals surface area contributed by atoms with E-state index in [2.05, 4.69) is 4.98 Å². The fraction of sp³-hybridized carbons (Fsp3) is 0.480. The van der Waals surface area contributed by atoms with Crippen LogP contribution in [-0.4, -0.2) is 96.1 Å². The van der Waals surface area contributed by atoms with E-state index < -0.39 is 12.1 Å². The van der Waals surface area contributed by atoms with Crippen molar-refractivity contribution >= 4 is 11.8 Å². The average Bonchev–Trinajstić information content (AvgIpc) is 2.80. The number of ether oxygens (including phenoxy) is 1. The van der Waals surface area contributed by atoms with Gasteiger partial charge in [0, 0.05) is 31.3 Å². The molecule has 1 aromatic heterocycles. The number of nitrogens with zero attached hydrogens (tertiary/aromatic N) is 4. The van der Waals surface area contributed by atoms with E-state index >= 15 is 0 Å². The summed E-state index contributed by atoms with van der Waals surface area (Å²) < 4.78 is 19.6. The standard InChI is InChI=1S/C25H33FN4O4/c1-16-12-30(17(2)15-31)25(33)21-10-19(18-6-8-20(26)9-7-18)11-27-24(21)34-22(16)13-29(5)23(32)14-28(3)4/h6-11,16-17,22,31H,12-15H2,1-5H3/t16-,17-,22-/m1/s1. The predicted octanol–water partition coefficient (Wildman–Crippen LogP) is 2.13. The molecule has 2 amide bonds. The summed E-state index contributed by atoms with van der Waals surface area (Å²) in [4.78, 5) is 35.5. The van der Waals surface area contributed by atoms with Crippen LogP contribution >= 0.6 is 0 Å². The Labute approximate surface area is 199 Å². The molecular formula is C25H33FN4O4. The minimum absolute atomic E-state index is 0.0423. The third-order valence-corrected chi connectivity index (χ3v) is 6.03. The van der Waals surface area contributed by atoms with Crippen LogP contribution < -0.4 is 4.74 Å². The molecule has 1 aromatic carbocycles. The maximum Gasteiger partial charge on any atom is 0.259 e. The quantitative estimate of drug-likeness (QED) is 0.665. The third-order valence-electron chi connectivity index (χ3n) is 6.03. The summed E-state index contributed by atoms with van der Waals surface area (Å²) in [5.41, 5.74) is 1.63. The lowest BCUT2D eigenvalue weighted by Gasteiger charge is -2.37. The highest BCUT2D eigenvalue weighted by Gasteiger charge is 2.34. The van der Waals surface area contributed by atoms with E-state index in [9.17, 15) is 19.1 Å². The van der Waals surface area contributed by atoms with Crippen LogP contribution in [0.3, 0.4) is 0 Å². The van der Waals surface area contributed by atoms with Crippen LogP contribution in [0.4, 0.5) is 4.39 Å². The van der Waals surface area contributed by atoms with Gasteiger partial charge < -0.3 is 24.5 Å². The molecule has 0 saturated carbocycles. The SMILES string of the molecule is C[C@@H]1CN([C@H](C)CO)C(=O)c2cc(-c3ccc(F)cc3)cnc2O[C@@H]1CN(C)C(=O)CN(C)C. The molecule has 184 valence electrons. The normalized spacial score (nSPS) is 19.2. The summed E-state index contributed by atoms with van der Waals surface area (Å²) in [5, 5.41) is 9.79. The topological polar surface area (TPSA) is 86.2 Å². The summed E-state index contributed by atoms with van der Waals surface area (Å²) in [6.45, 7) is 4.50. The predicted molar refractivity (Wildman–Crippen MR) is 127 cm³/mol. The number of carbonyl (C=O) groups is 2. The molecule has 0 radical (unpaired) electrons. The highest BCUT2D eigenvalue weighted by atomic mass is 19.1. The molecule has 1 aliphatic heterocycles. The second-order valence-corrected chi connectivity index (χ2v) is 9.22. The summed E-state index contributed by atoms with van der Waals surface area (Å²) >= 11 is 0. The van der Waals surface area contributed by atoms with Crippen LogP contribution in [0.2, 0.25) is 0 Å². The van der Waals surface area contributed by atoms with E-state index in [1.54, 1.807) is 53.1 Å². The van der Waals surface area contributed by atoms with Crippen LogP contribution in [0.25, 0.3) is 11.1 Å². The summed E-state index contributed by atoms with van der Waals surface area (Å²) in [5.74, 6) is -0.639. The molecule has 9 heteroatoms. The number of hydrogen-bond donors (Lipinski definition) is 1. The molecule has 0 aliphatic carbocycles. The van der Waals surface area contributed by atoms with Crippen molar-refractivity contribution in [3.63, 3.8) is 0 Å². The fourth-order valence-corrected chi connectivity index (χ4v) is 3.88. The maximum absolute atomic E-state index is 13.5. The molecule has 2 heterocycles. The molecule has 3 rings (SSSR count). The van der Waals surface area contributed by atoms with Crippen molar-refractivity contribution in [2.24, 2.45) is 5.92 Å². The number of halogens is 1. The number of fused-ring (bicyclic) bond motifs is 1.